The van der Waals surface area contributed by atoms with E-state index in [1.54, 1.807) is 0 Å². The Bertz CT molecular complexity index is 869. The summed E-state index contributed by atoms with van der Waals surface area (Å²) in [5, 5.41) is 11.7. The zero-order valence-corrected chi connectivity index (χ0v) is 20.1. The molecule has 0 radical (unpaired) electrons. The maximum absolute atomic E-state index is 10.5. The molecule has 3 unspecified atom stereocenters. The van der Waals surface area contributed by atoms with Gasteiger partial charge in [0.15, 0.2) is 0 Å². The van der Waals surface area contributed by atoms with E-state index >= 15 is 0 Å². The van der Waals surface area contributed by atoms with Gasteiger partial charge in [-0.3, -0.25) is 0 Å². The molecular formula is C28H32GeO. The van der Waals surface area contributed by atoms with Crippen molar-refractivity contribution in [2.24, 2.45) is 11.8 Å². The van der Waals surface area contributed by atoms with Gasteiger partial charge in [-0.15, -0.1) is 0 Å². The van der Waals surface area contributed by atoms with Crippen LogP contribution in [0, 0.1) is 11.8 Å². The zero-order valence-electron chi connectivity index (χ0n) is 18.0. The van der Waals surface area contributed by atoms with Crippen molar-refractivity contribution < 1.29 is 5.11 Å². The Balaban J connectivity index is 1.83. The number of aliphatic hydroxyl groups excluding tert-OH is 1. The molecule has 0 saturated heterocycles. The molecule has 0 saturated carbocycles. The van der Waals surface area contributed by atoms with Gasteiger partial charge in [-0.1, -0.05) is 0 Å². The second kappa shape index (κ2) is 9.37. The summed E-state index contributed by atoms with van der Waals surface area (Å²) < 4.78 is 4.56. The molecule has 0 heterocycles. The summed E-state index contributed by atoms with van der Waals surface area (Å²) in [6.45, 7) is 4.48. The van der Waals surface area contributed by atoms with E-state index < -0.39 is 13.3 Å². The summed E-state index contributed by atoms with van der Waals surface area (Å²) in [5.41, 5.74) is 1.14. The fourth-order valence-electron chi connectivity index (χ4n) is 5.18. The monoisotopic (exact) mass is 458 g/mol. The van der Waals surface area contributed by atoms with Crippen LogP contribution in [0.3, 0.4) is 0 Å². The molecule has 2 heteroatoms. The van der Waals surface area contributed by atoms with Crippen LogP contribution in [0.5, 0.6) is 0 Å². The van der Waals surface area contributed by atoms with Gasteiger partial charge in [0, 0.05) is 0 Å². The number of hydrogen-bond donors (Lipinski definition) is 1. The molecule has 154 valence electrons. The average Bonchev–Trinajstić information content (AvgIpc) is 2.81. The second-order valence-corrected chi connectivity index (χ2v) is 17.2. The van der Waals surface area contributed by atoms with Gasteiger partial charge in [-0.2, -0.15) is 0 Å². The van der Waals surface area contributed by atoms with Crippen LogP contribution in [0.15, 0.2) is 103 Å². The molecule has 3 aromatic rings. The Morgan fingerprint density at radius 1 is 0.800 bits per heavy atom. The topological polar surface area (TPSA) is 20.2 Å². The van der Waals surface area contributed by atoms with Gasteiger partial charge < -0.3 is 0 Å². The van der Waals surface area contributed by atoms with Crippen molar-refractivity contribution in [2.75, 3.05) is 0 Å². The molecule has 1 nitrogen and oxygen atoms in total. The Hall–Kier alpha value is -2.10. The zero-order chi connectivity index (χ0) is 21.0. The molecule has 1 aliphatic carbocycles. The second-order valence-electron chi connectivity index (χ2n) is 8.88. The number of benzene rings is 3. The molecule has 4 rings (SSSR count). The normalized spacial score (nSPS) is 20.4. The van der Waals surface area contributed by atoms with E-state index in [-0.39, 0.29) is 6.10 Å². The predicted octanol–water partition coefficient (Wildman–Crippen LogP) is 4.51. The molecule has 0 amide bonds. The predicted molar refractivity (Wildman–Crippen MR) is 130 cm³/mol. The van der Waals surface area contributed by atoms with Crippen LogP contribution < -0.4 is 13.2 Å². The van der Waals surface area contributed by atoms with Crippen molar-refractivity contribution in [1.29, 1.82) is 0 Å². The summed E-state index contributed by atoms with van der Waals surface area (Å²) in [6, 6.07) is 33.7. The van der Waals surface area contributed by atoms with Crippen LogP contribution >= 0.6 is 0 Å². The number of rotatable bonds is 6. The summed E-state index contributed by atoms with van der Waals surface area (Å²) in [6.07, 6.45) is 3.96. The first kappa shape index (κ1) is 21.1. The van der Waals surface area contributed by atoms with E-state index in [9.17, 15) is 5.11 Å². The third kappa shape index (κ3) is 4.19. The van der Waals surface area contributed by atoms with Crippen LogP contribution in [0.1, 0.15) is 26.7 Å². The van der Waals surface area contributed by atoms with Gasteiger partial charge in [0.2, 0.25) is 0 Å². The Morgan fingerprint density at radius 3 is 1.63 bits per heavy atom. The molecule has 0 bridgehead atoms. The van der Waals surface area contributed by atoms with Gasteiger partial charge in [0.25, 0.3) is 0 Å². The molecule has 0 aliphatic heterocycles. The van der Waals surface area contributed by atoms with E-state index in [0.717, 1.165) is 18.4 Å². The standard InChI is InChI=1S/C28H32GeO/c1-22-18-19-24(20-28(22)30)23(2)21-29(25-12-6-3-7-13-25,26-14-8-4-9-15-26)27-16-10-5-11-17-27/h3-18,23-24,28,30H,19-21H2,1-2H3. The molecule has 0 spiro atoms. The number of allylic oxidation sites excluding steroid dienone is 1. The SMILES string of the molecule is CC1=CCC(C(C)[CH2][Ge]([c]2ccccc2)([c]2ccccc2)[c]2ccccc2)CC1O. The van der Waals surface area contributed by atoms with Gasteiger partial charge in [-0.25, -0.2) is 0 Å². The quantitative estimate of drug-likeness (QED) is 0.427. The molecule has 0 aromatic heterocycles. The number of hydrogen-bond acceptors (Lipinski definition) is 1. The van der Waals surface area contributed by atoms with E-state index in [4.69, 9.17) is 0 Å². The third-order valence-electron chi connectivity index (χ3n) is 7.03. The van der Waals surface area contributed by atoms with E-state index in [1.807, 2.05) is 0 Å². The molecule has 1 aliphatic rings. The summed E-state index contributed by atoms with van der Waals surface area (Å²) in [7, 11) is 0. The van der Waals surface area contributed by atoms with Crippen LogP contribution in [-0.4, -0.2) is 24.5 Å². The Morgan fingerprint density at radius 2 is 1.23 bits per heavy atom. The van der Waals surface area contributed by atoms with Crippen molar-refractivity contribution in [3.8, 4) is 0 Å². The van der Waals surface area contributed by atoms with E-state index in [2.05, 4.69) is 111 Å². The van der Waals surface area contributed by atoms with Crippen LogP contribution in [0.4, 0.5) is 0 Å². The van der Waals surface area contributed by atoms with Gasteiger partial charge in [0.1, 0.15) is 0 Å². The molecule has 3 aromatic carbocycles. The molecule has 30 heavy (non-hydrogen) atoms. The van der Waals surface area contributed by atoms with Gasteiger partial charge in [0.05, 0.1) is 0 Å². The van der Waals surface area contributed by atoms with E-state index in [0.29, 0.717) is 11.8 Å². The number of aliphatic hydroxyl groups is 1. The first-order valence-corrected chi connectivity index (χ1v) is 15.8. The molecular weight excluding hydrogens is 425 g/mol. The molecule has 1 N–H and O–H groups in total. The molecule has 3 atom stereocenters. The van der Waals surface area contributed by atoms with Crippen LogP contribution in [0.2, 0.25) is 5.25 Å². The van der Waals surface area contributed by atoms with Gasteiger partial charge >= 0.3 is 184 Å². The first-order chi connectivity index (χ1) is 14.6. The fraction of sp³-hybridized carbons (Fsp3) is 0.286. The maximum atomic E-state index is 10.5. The fourth-order valence-corrected chi connectivity index (χ4v) is 16.3. The van der Waals surface area contributed by atoms with Crippen molar-refractivity contribution in [2.45, 2.75) is 38.0 Å². The van der Waals surface area contributed by atoms with Gasteiger partial charge in [-0.05, 0) is 0 Å². The molecule has 0 fully saturated rings. The summed E-state index contributed by atoms with van der Waals surface area (Å²) in [5.74, 6) is 1.08. The van der Waals surface area contributed by atoms with Crippen molar-refractivity contribution in [3.63, 3.8) is 0 Å². The van der Waals surface area contributed by atoms with Crippen molar-refractivity contribution in [3.05, 3.63) is 103 Å². The van der Waals surface area contributed by atoms with Crippen molar-refractivity contribution >= 4 is 26.5 Å². The summed E-state index contributed by atoms with van der Waals surface area (Å²) in [4.78, 5) is 0. The Labute approximate surface area is 183 Å². The van der Waals surface area contributed by atoms with E-state index in [1.165, 1.54) is 18.4 Å². The van der Waals surface area contributed by atoms with Crippen LogP contribution in [-0.2, 0) is 0 Å². The minimum absolute atomic E-state index is 0.279. The van der Waals surface area contributed by atoms with Crippen LogP contribution in [0.25, 0.3) is 0 Å². The summed E-state index contributed by atoms with van der Waals surface area (Å²) >= 11 is -2.91. The third-order valence-corrected chi connectivity index (χ3v) is 18.0. The minimum atomic E-state index is -2.91. The average molecular weight is 457 g/mol. The first-order valence-electron chi connectivity index (χ1n) is 11.1. The Kier molecular flexibility index (Phi) is 6.60. The van der Waals surface area contributed by atoms with Crippen molar-refractivity contribution in [1.82, 2.24) is 0 Å².